The van der Waals surface area contributed by atoms with Crippen molar-refractivity contribution < 1.29 is 4.42 Å². The maximum Gasteiger partial charge on any atom is 0.227 e. The Hall–Kier alpha value is -6.45. The van der Waals surface area contributed by atoms with E-state index in [1.807, 2.05) is 36.4 Å². The van der Waals surface area contributed by atoms with Crippen molar-refractivity contribution in [2.45, 2.75) is 0 Å². The molecule has 226 valence electrons. The predicted molar refractivity (Wildman–Crippen MR) is 200 cm³/mol. The highest BCUT2D eigenvalue weighted by molar-refractivity contribution is 6.06. The largest absolute Gasteiger partial charge is 0.436 e. The summed E-state index contributed by atoms with van der Waals surface area (Å²) in [4.78, 5) is 7.36. The van der Waals surface area contributed by atoms with Gasteiger partial charge in [0.15, 0.2) is 5.58 Å². The molecule has 0 saturated heterocycles. The third kappa shape index (κ3) is 4.90. The number of hydrogen-bond donors (Lipinski definition) is 0. The zero-order valence-electron chi connectivity index (χ0n) is 26.1. The Morgan fingerprint density at radius 3 is 1.90 bits per heavy atom. The van der Waals surface area contributed by atoms with E-state index in [4.69, 9.17) is 9.40 Å². The van der Waals surface area contributed by atoms with Gasteiger partial charge in [-0.2, -0.15) is 0 Å². The second-order valence-corrected chi connectivity index (χ2v) is 12.0. The minimum atomic E-state index is 0.624. The second kappa shape index (κ2) is 11.7. The predicted octanol–water partition coefficient (Wildman–Crippen LogP) is 12.6. The number of fused-ring (bicyclic) bond motifs is 4. The molecule has 3 nitrogen and oxygen atoms in total. The normalized spacial score (nSPS) is 11.3. The molecular formula is C45H30N2O. The maximum absolute atomic E-state index is 6.27. The van der Waals surface area contributed by atoms with Crippen molar-refractivity contribution >= 4 is 49.7 Å². The summed E-state index contributed by atoms with van der Waals surface area (Å²) in [5.41, 5.74) is 10.5. The number of hydrogen-bond acceptors (Lipinski definition) is 3. The van der Waals surface area contributed by atoms with Crippen molar-refractivity contribution in [2.24, 2.45) is 0 Å². The number of para-hydroxylation sites is 1. The van der Waals surface area contributed by atoms with Crippen molar-refractivity contribution in [1.29, 1.82) is 0 Å². The standard InChI is InChI=1S/C45H30N2O/c1-4-13-32(14-5-1)40-29-35(39-22-12-18-31-15-10-11-21-38(31)39)24-27-42(40)47(36-19-8-3-9-20-36)37-26-23-33-25-28-43-44(41(33)30-37)46-45(48-43)34-16-6-2-7-17-34/h1-30H. The topological polar surface area (TPSA) is 29.3 Å². The summed E-state index contributed by atoms with van der Waals surface area (Å²) >= 11 is 0. The van der Waals surface area contributed by atoms with Crippen LogP contribution in [0.4, 0.5) is 17.1 Å². The molecule has 0 N–H and O–H groups in total. The minimum absolute atomic E-state index is 0.624. The number of oxazole rings is 1. The van der Waals surface area contributed by atoms with Crippen molar-refractivity contribution in [3.05, 3.63) is 182 Å². The SMILES string of the molecule is c1ccc(-c2nc3c(ccc4ccc(N(c5ccccc5)c5ccc(-c6cccc7ccccc67)cc5-c5ccccc5)cc43)o2)cc1. The molecule has 0 bridgehead atoms. The quantitative estimate of drug-likeness (QED) is 0.187. The molecule has 0 spiro atoms. The number of rotatable bonds is 6. The monoisotopic (exact) mass is 614 g/mol. The van der Waals surface area contributed by atoms with E-state index in [0.29, 0.717) is 5.89 Å². The molecule has 3 heteroatoms. The van der Waals surface area contributed by atoms with E-state index in [-0.39, 0.29) is 0 Å². The van der Waals surface area contributed by atoms with Gasteiger partial charge in [0.2, 0.25) is 5.89 Å². The van der Waals surface area contributed by atoms with Gasteiger partial charge in [-0.25, -0.2) is 4.98 Å². The van der Waals surface area contributed by atoms with Gasteiger partial charge >= 0.3 is 0 Å². The van der Waals surface area contributed by atoms with Gasteiger partial charge in [-0.3, -0.25) is 0 Å². The molecule has 48 heavy (non-hydrogen) atoms. The van der Waals surface area contributed by atoms with Gasteiger partial charge in [-0.1, -0.05) is 127 Å². The van der Waals surface area contributed by atoms with E-state index in [1.165, 1.54) is 21.9 Å². The summed E-state index contributed by atoms with van der Waals surface area (Å²) in [6, 6.07) is 64.1. The fraction of sp³-hybridized carbons (Fsp3) is 0. The molecule has 0 aliphatic heterocycles. The zero-order chi connectivity index (χ0) is 31.9. The average Bonchev–Trinajstić information content (AvgIpc) is 3.61. The van der Waals surface area contributed by atoms with E-state index in [1.54, 1.807) is 0 Å². The first-order valence-electron chi connectivity index (χ1n) is 16.2. The first-order valence-corrected chi connectivity index (χ1v) is 16.2. The Kier molecular flexibility index (Phi) is 6.80. The zero-order valence-corrected chi connectivity index (χ0v) is 26.1. The van der Waals surface area contributed by atoms with Crippen molar-refractivity contribution in [3.8, 4) is 33.7 Å². The van der Waals surface area contributed by atoms with Crippen LogP contribution in [0.25, 0.3) is 66.4 Å². The van der Waals surface area contributed by atoms with Crippen molar-refractivity contribution in [2.75, 3.05) is 4.90 Å². The summed E-state index contributed by atoms with van der Waals surface area (Å²) in [7, 11) is 0. The lowest BCUT2D eigenvalue weighted by atomic mass is 9.93. The van der Waals surface area contributed by atoms with Gasteiger partial charge in [-0.05, 0) is 87.4 Å². The molecular weight excluding hydrogens is 585 g/mol. The lowest BCUT2D eigenvalue weighted by Crippen LogP contribution is -2.11. The van der Waals surface area contributed by atoms with Crippen LogP contribution in [-0.4, -0.2) is 4.98 Å². The lowest BCUT2D eigenvalue weighted by molar-refractivity contribution is 0.620. The molecule has 0 atom stereocenters. The third-order valence-electron chi connectivity index (χ3n) is 9.08. The van der Waals surface area contributed by atoms with E-state index in [0.717, 1.165) is 55.6 Å². The Morgan fingerprint density at radius 1 is 0.417 bits per heavy atom. The highest BCUT2D eigenvalue weighted by Gasteiger charge is 2.20. The van der Waals surface area contributed by atoms with Crippen LogP contribution < -0.4 is 4.90 Å². The van der Waals surface area contributed by atoms with E-state index >= 15 is 0 Å². The number of benzene rings is 8. The Balaban J connectivity index is 1.27. The van der Waals surface area contributed by atoms with Crippen LogP contribution in [0.1, 0.15) is 0 Å². The van der Waals surface area contributed by atoms with Crippen molar-refractivity contribution in [1.82, 2.24) is 4.98 Å². The summed E-state index contributed by atoms with van der Waals surface area (Å²) in [5, 5.41) is 4.64. The van der Waals surface area contributed by atoms with Gasteiger partial charge in [0.25, 0.3) is 0 Å². The second-order valence-electron chi connectivity index (χ2n) is 12.0. The number of nitrogens with zero attached hydrogens (tertiary/aromatic N) is 2. The Bertz CT molecular complexity index is 2550. The lowest BCUT2D eigenvalue weighted by Gasteiger charge is -2.28. The fourth-order valence-corrected chi connectivity index (χ4v) is 6.77. The molecule has 1 aromatic heterocycles. The van der Waals surface area contributed by atoms with E-state index in [2.05, 4.69) is 150 Å². The molecule has 1 heterocycles. The molecule has 9 rings (SSSR count). The first-order chi connectivity index (χ1) is 23.8. The van der Waals surface area contributed by atoms with Crippen molar-refractivity contribution in [3.63, 3.8) is 0 Å². The number of anilines is 3. The molecule has 0 amide bonds. The Labute approximate surface area is 279 Å². The van der Waals surface area contributed by atoms with Crippen LogP contribution in [0.3, 0.4) is 0 Å². The highest BCUT2D eigenvalue weighted by Crippen LogP contribution is 2.44. The van der Waals surface area contributed by atoms with E-state index < -0.39 is 0 Å². The molecule has 0 radical (unpaired) electrons. The van der Waals surface area contributed by atoms with Crippen LogP contribution in [-0.2, 0) is 0 Å². The number of aromatic nitrogens is 1. The van der Waals surface area contributed by atoms with Crippen LogP contribution in [0.15, 0.2) is 186 Å². The summed E-state index contributed by atoms with van der Waals surface area (Å²) in [5.74, 6) is 0.624. The molecule has 0 unspecified atom stereocenters. The van der Waals surface area contributed by atoms with E-state index in [9.17, 15) is 0 Å². The van der Waals surface area contributed by atoms with Crippen LogP contribution >= 0.6 is 0 Å². The Morgan fingerprint density at radius 2 is 1.08 bits per heavy atom. The minimum Gasteiger partial charge on any atom is -0.436 e. The van der Waals surface area contributed by atoms with Gasteiger partial charge < -0.3 is 9.32 Å². The van der Waals surface area contributed by atoms with Gasteiger partial charge in [0, 0.05) is 27.9 Å². The van der Waals surface area contributed by atoms with Crippen LogP contribution in [0.2, 0.25) is 0 Å². The fourth-order valence-electron chi connectivity index (χ4n) is 6.77. The summed E-state index contributed by atoms with van der Waals surface area (Å²) in [6.45, 7) is 0. The molecule has 0 aliphatic rings. The third-order valence-corrected chi connectivity index (χ3v) is 9.08. The van der Waals surface area contributed by atoms with Crippen LogP contribution in [0.5, 0.6) is 0 Å². The summed E-state index contributed by atoms with van der Waals surface area (Å²) < 4.78 is 6.27. The molecule has 0 fully saturated rings. The summed E-state index contributed by atoms with van der Waals surface area (Å²) in [6.07, 6.45) is 0. The van der Waals surface area contributed by atoms with Crippen LogP contribution in [0, 0.1) is 0 Å². The van der Waals surface area contributed by atoms with Gasteiger partial charge in [0.1, 0.15) is 5.52 Å². The molecule has 9 aromatic rings. The average molecular weight is 615 g/mol. The smallest absolute Gasteiger partial charge is 0.227 e. The molecule has 8 aromatic carbocycles. The molecule has 0 aliphatic carbocycles. The first kappa shape index (κ1) is 27.8. The van der Waals surface area contributed by atoms with Gasteiger partial charge in [-0.15, -0.1) is 0 Å². The maximum atomic E-state index is 6.27. The van der Waals surface area contributed by atoms with Gasteiger partial charge in [0.05, 0.1) is 5.69 Å². The highest BCUT2D eigenvalue weighted by atomic mass is 16.3. The molecule has 0 saturated carbocycles.